The average Bonchev–Trinajstić information content (AvgIpc) is 2.65. The van der Waals surface area contributed by atoms with Gasteiger partial charge in [-0.15, -0.1) is 11.3 Å². The molecule has 2 aromatic heterocycles. The lowest BCUT2D eigenvalue weighted by molar-refractivity contribution is 1.23. The second-order valence-corrected chi connectivity index (χ2v) is 4.51. The number of thiazole rings is 1. The van der Waals surface area contributed by atoms with E-state index in [4.69, 9.17) is 18.0 Å². The van der Waals surface area contributed by atoms with Gasteiger partial charge in [0, 0.05) is 17.1 Å². The number of nitrogens with zero attached hydrogens (tertiary/aromatic N) is 2. The van der Waals surface area contributed by atoms with Crippen molar-refractivity contribution in [2.75, 3.05) is 5.32 Å². The molecule has 0 saturated heterocycles. The Bertz CT molecular complexity index is 504. The van der Waals surface area contributed by atoms with Crippen molar-refractivity contribution in [2.24, 2.45) is 5.73 Å². The molecule has 0 aliphatic rings. The molecule has 0 radical (unpaired) electrons. The zero-order chi connectivity index (χ0) is 11.5. The molecule has 2 rings (SSSR count). The van der Waals surface area contributed by atoms with E-state index in [1.165, 1.54) is 0 Å². The quantitative estimate of drug-likeness (QED) is 0.818. The molecule has 82 valence electrons. The number of rotatable bonds is 3. The Balaban J connectivity index is 2.14. The van der Waals surface area contributed by atoms with Crippen LogP contribution in [0.4, 0.5) is 10.9 Å². The smallest absolute Gasteiger partial charge is 0.188 e. The summed E-state index contributed by atoms with van der Waals surface area (Å²) in [5.74, 6) is 0.731. The SMILES string of the molecule is Cc1csc(Nc2ccc(C(N)=S)cn2)n1. The Morgan fingerprint density at radius 2 is 2.31 bits per heavy atom. The first-order chi connectivity index (χ1) is 7.65. The van der Waals surface area contributed by atoms with E-state index in [0.29, 0.717) is 4.99 Å². The van der Waals surface area contributed by atoms with Crippen LogP contribution in [0.1, 0.15) is 11.3 Å². The number of nitrogens with one attached hydrogen (secondary N) is 1. The van der Waals surface area contributed by atoms with Gasteiger partial charge < -0.3 is 11.1 Å². The molecular formula is C10H10N4S2. The molecule has 0 atom stereocenters. The van der Waals surface area contributed by atoms with E-state index in [2.05, 4.69) is 15.3 Å². The molecule has 0 amide bonds. The van der Waals surface area contributed by atoms with Crippen molar-refractivity contribution in [3.8, 4) is 0 Å². The van der Waals surface area contributed by atoms with Crippen molar-refractivity contribution in [3.05, 3.63) is 35.0 Å². The number of hydrogen-bond acceptors (Lipinski definition) is 5. The van der Waals surface area contributed by atoms with Crippen LogP contribution in [-0.2, 0) is 0 Å². The maximum Gasteiger partial charge on any atom is 0.188 e. The van der Waals surface area contributed by atoms with Gasteiger partial charge in [-0.1, -0.05) is 12.2 Å². The van der Waals surface area contributed by atoms with E-state index < -0.39 is 0 Å². The van der Waals surface area contributed by atoms with Crippen LogP contribution >= 0.6 is 23.6 Å². The zero-order valence-corrected chi connectivity index (χ0v) is 10.2. The normalized spacial score (nSPS) is 10.1. The van der Waals surface area contributed by atoms with Crippen molar-refractivity contribution < 1.29 is 0 Å². The maximum absolute atomic E-state index is 5.48. The first kappa shape index (κ1) is 11.0. The summed E-state index contributed by atoms with van der Waals surface area (Å²) in [4.78, 5) is 8.82. The van der Waals surface area contributed by atoms with Crippen LogP contribution in [0.2, 0.25) is 0 Å². The third-order valence-corrected chi connectivity index (χ3v) is 3.01. The molecule has 3 N–H and O–H groups in total. The summed E-state index contributed by atoms with van der Waals surface area (Å²) in [5, 5.41) is 5.91. The van der Waals surface area contributed by atoms with Crippen molar-refractivity contribution in [1.82, 2.24) is 9.97 Å². The molecule has 0 saturated carbocycles. The van der Waals surface area contributed by atoms with Crippen LogP contribution in [0.25, 0.3) is 0 Å². The largest absolute Gasteiger partial charge is 0.389 e. The molecule has 2 heterocycles. The summed E-state index contributed by atoms with van der Waals surface area (Å²) in [6, 6.07) is 3.66. The highest BCUT2D eigenvalue weighted by atomic mass is 32.1. The Morgan fingerprint density at radius 3 is 2.81 bits per heavy atom. The predicted octanol–water partition coefficient (Wildman–Crippen LogP) is 2.22. The molecule has 6 heteroatoms. The van der Waals surface area contributed by atoms with E-state index in [0.717, 1.165) is 22.2 Å². The minimum Gasteiger partial charge on any atom is -0.389 e. The number of anilines is 2. The fraction of sp³-hybridized carbons (Fsp3) is 0.100. The number of hydrogen-bond donors (Lipinski definition) is 2. The number of pyridine rings is 1. The van der Waals surface area contributed by atoms with Crippen molar-refractivity contribution in [2.45, 2.75) is 6.92 Å². The molecule has 0 bridgehead atoms. The number of aryl methyl sites for hydroxylation is 1. The summed E-state index contributed by atoms with van der Waals surface area (Å²) in [5.41, 5.74) is 7.23. The molecule has 0 aromatic carbocycles. The Labute approximate surface area is 103 Å². The lowest BCUT2D eigenvalue weighted by atomic mass is 10.3. The summed E-state index contributed by atoms with van der Waals surface area (Å²) in [6.07, 6.45) is 1.64. The van der Waals surface area contributed by atoms with Crippen LogP contribution in [0, 0.1) is 6.92 Å². The van der Waals surface area contributed by atoms with Gasteiger partial charge in [0.25, 0.3) is 0 Å². The highest BCUT2D eigenvalue weighted by Crippen LogP contribution is 2.18. The van der Waals surface area contributed by atoms with E-state index in [1.807, 2.05) is 24.4 Å². The van der Waals surface area contributed by atoms with Gasteiger partial charge in [-0.2, -0.15) is 0 Å². The monoisotopic (exact) mass is 250 g/mol. The fourth-order valence-electron chi connectivity index (χ4n) is 1.13. The topological polar surface area (TPSA) is 63.8 Å². The molecule has 2 aromatic rings. The molecule has 0 unspecified atom stereocenters. The highest BCUT2D eigenvalue weighted by Gasteiger charge is 2.01. The molecule has 0 aliphatic carbocycles. The van der Waals surface area contributed by atoms with Gasteiger partial charge in [-0.25, -0.2) is 9.97 Å². The first-order valence-corrected chi connectivity index (χ1v) is 5.89. The molecule has 0 spiro atoms. The third-order valence-electron chi connectivity index (χ3n) is 1.90. The van der Waals surface area contributed by atoms with Gasteiger partial charge in [-0.05, 0) is 19.1 Å². The number of aromatic nitrogens is 2. The van der Waals surface area contributed by atoms with Crippen LogP contribution < -0.4 is 11.1 Å². The highest BCUT2D eigenvalue weighted by molar-refractivity contribution is 7.80. The summed E-state index contributed by atoms with van der Waals surface area (Å²) in [6.45, 7) is 1.95. The van der Waals surface area contributed by atoms with Crippen molar-refractivity contribution >= 4 is 39.5 Å². The Kier molecular flexibility index (Phi) is 3.12. The van der Waals surface area contributed by atoms with Crippen LogP contribution in [0.5, 0.6) is 0 Å². The number of nitrogens with two attached hydrogens (primary N) is 1. The molecule has 0 aliphatic heterocycles. The van der Waals surface area contributed by atoms with Crippen LogP contribution in [0.15, 0.2) is 23.7 Å². The minimum atomic E-state index is 0.351. The van der Waals surface area contributed by atoms with Gasteiger partial charge >= 0.3 is 0 Å². The number of thiocarbonyl (C=S) groups is 1. The third kappa shape index (κ3) is 2.53. The maximum atomic E-state index is 5.48. The predicted molar refractivity (Wildman–Crippen MR) is 70.3 cm³/mol. The van der Waals surface area contributed by atoms with Gasteiger partial charge in [0.15, 0.2) is 5.13 Å². The second kappa shape index (κ2) is 4.54. The summed E-state index contributed by atoms with van der Waals surface area (Å²) in [7, 11) is 0. The van der Waals surface area contributed by atoms with E-state index >= 15 is 0 Å². The average molecular weight is 250 g/mol. The van der Waals surface area contributed by atoms with E-state index in [-0.39, 0.29) is 0 Å². The molecule has 4 nitrogen and oxygen atoms in total. The lowest BCUT2D eigenvalue weighted by Gasteiger charge is -2.02. The van der Waals surface area contributed by atoms with Crippen LogP contribution in [0.3, 0.4) is 0 Å². The molecule has 16 heavy (non-hydrogen) atoms. The van der Waals surface area contributed by atoms with Crippen LogP contribution in [-0.4, -0.2) is 15.0 Å². The zero-order valence-electron chi connectivity index (χ0n) is 8.60. The molecule has 0 fully saturated rings. The summed E-state index contributed by atoms with van der Waals surface area (Å²) >= 11 is 6.39. The van der Waals surface area contributed by atoms with E-state index in [9.17, 15) is 0 Å². The van der Waals surface area contributed by atoms with Gasteiger partial charge in [0.05, 0.1) is 5.69 Å². The summed E-state index contributed by atoms with van der Waals surface area (Å²) < 4.78 is 0. The Hall–Kier alpha value is -1.53. The minimum absolute atomic E-state index is 0.351. The van der Waals surface area contributed by atoms with Gasteiger partial charge in [-0.3, -0.25) is 0 Å². The first-order valence-electron chi connectivity index (χ1n) is 4.60. The van der Waals surface area contributed by atoms with E-state index in [1.54, 1.807) is 17.5 Å². The van der Waals surface area contributed by atoms with Crippen molar-refractivity contribution in [1.29, 1.82) is 0 Å². The van der Waals surface area contributed by atoms with Gasteiger partial charge in [0.2, 0.25) is 0 Å². The molecular weight excluding hydrogens is 240 g/mol. The van der Waals surface area contributed by atoms with Crippen molar-refractivity contribution in [3.63, 3.8) is 0 Å². The van der Waals surface area contributed by atoms with Gasteiger partial charge in [0.1, 0.15) is 10.8 Å². The lowest BCUT2D eigenvalue weighted by Crippen LogP contribution is -2.09. The fourth-order valence-corrected chi connectivity index (χ4v) is 1.95. The second-order valence-electron chi connectivity index (χ2n) is 3.22. The Morgan fingerprint density at radius 1 is 1.50 bits per heavy atom. The standard InChI is InChI=1S/C10H10N4S2/c1-6-5-16-10(13-6)14-8-3-2-7(4-12-8)9(11)15/h2-5H,1H3,(H2,11,15)(H,12,13,14).